The molecule has 1 aromatic carbocycles. The molecule has 0 spiro atoms. The molecule has 3 rings (SSSR count). The van der Waals surface area contributed by atoms with Gasteiger partial charge in [0.15, 0.2) is 0 Å². The van der Waals surface area contributed by atoms with E-state index in [9.17, 15) is 31.1 Å². The number of alkyl halides is 6. The van der Waals surface area contributed by atoms with Crippen LogP contribution in [0.25, 0.3) is 0 Å². The number of hydrogen-bond donors (Lipinski definition) is 1. The molecule has 1 saturated carbocycles. The van der Waals surface area contributed by atoms with E-state index < -0.39 is 41.7 Å². The second-order valence-electron chi connectivity index (χ2n) is 9.62. The normalized spacial score (nSPS) is 19.5. The summed E-state index contributed by atoms with van der Waals surface area (Å²) in [6.07, 6.45) is -5.18. The molecule has 206 valence electrons. The molecule has 1 fully saturated rings. The molecular formula is C26H30Cl2F6N2O. The van der Waals surface area contributed by atoms with Gasteiger partial charge in [-0.05, 0) is 69.0 Å². The van der Waals surface area contributed by atoms with Crippen LogP contribution < -0.4 is 5.32 Å². The van der Waals surface area contributed by atoms with Crippen molar-refractivity contribution in [3.05, 3.63) is 57.1 Å². The van der Waals surface area contributed by atoms with Crippen molar-refractivity contribution in [2.24, 2.45) is 5.92 Å². The lowest BCUT2D eigenvalue weighted by Crippen LogP contribution is -2.37. The summed E-state index contributed by atoms with van der Waals surface area (Å²) in [4.78, 5) is 15.2. The molecule has 1 aromatic rings. The molecule has 3 nitrogen and oxygen atoms in total. The van der Waals surface area contributed by atoms with Gasteiger partial charge in [0.25, 0.3) is 0 Å². The number of nitrogens with one attached hydrogen (secondary N) is 1. The van der Waals surface area contributed by atoms with E-state index in [4.69, 9.17) is 23.2 Å². The van der Waals surface area contributed by atoms with Crippen molar-refractivity contribution < 1.29 is 31.1 Å². The fourth-order valence-corrected chi connectivity index (χ4v) is 4.76. The fraction of sp³-hybridized carbons (Fsp3) is 0.577. The van der Waals surface area contributed by atoms with Gasteiger partial charge in [0.1, 0.15) is 0 Å². The molecule has 11 heteroatoms. The van der Waals surface area contributed by atoms with Gasteiger partial charge in [-0.2, -0.15) is 26.3 Å². The smallest absolute Gasteiger partial charge is 0.355 e. The number of rotatable bonds is 11. The average Bonchev–Trinajstić information content (AvgIpc) is 3.66. The zero-order valence-corrected chi connectivity index (χ0v) is 21.9. The number of carbonyl (C=O) groups excluding carboxylic acids is 1. The molecule has 2 atom stereocenters. The summed E-state index contributed by atoms with van der Waals surface area (Å²) in [5, 5.41) is 3.28. The maximum Gasteiger partial charge on any atom is 0.416 e. The molecule has 0 saturated heterocycles. The summed E-state index contributed by atoms with van der Waals surface area (Å²) in [5.74, 6) is -2.72. The van der Waals surface area contributed by atoms with Gasteiger partial charge in [-0.1, -0.05) is 48.7 Å². The second kappa shape index (κ2) is 12.4. The first-order chi connectivity index (χ1) is 17.3. The van der Waals surface area contributed by atoms with Crippen LogP contribution in [-0.2, 0) is 4.79 Å². The molecule has 0 heterocycles. The number of nitrogens with zero attached hydrogens (tertiary/aromatic N) is 1. The lowest BCUT2D eigenvalue weighted by molar-refractivity contribution is -0.125. The van der Waals surface area contributed by atoms with Crippen LogP contribution >= 0.6 is 23.2 Å². The van der Waals surface area contributed by atoms with Gasteiger partial charge < -0.3 is 10.2 Å². The molecule has 1 N–H and O–H groups in total. The molecule has 0 bridgehead atoms. The number of benzene rings is 1. The standard InChI is InChI=1S/C26H30Cl2F6N2O/c1-2-3-9-36(21-5-6-21)10-8-17(16-4-7-22(27)23(28)13-16)15-35-24(37)18-11-19(25(29,30)31)14-20(12-18)26(32,33)34/h4,7,11,13-14,17-18,21H,2-3,5-6,8-10,12,15H2,1H3,(H,35,37). The molecule has 2 unspecified atom stereocenters. The highest BCUT2D eigenvalue weighted by Gasteiger charge is 2.43. The van der Waals surface area contributed by atoms with Crippen LogP contribution in [0.1, 0.15) is 56.9 Å². The molecular weight excluding hydrogens is 541 g/mol. The van der Waals surface area contributed by atoms with Crippen molar-refractivity contribution in [3.63, 3.8) is 0 Å². The predicted octanol–water partition coefficient (Wildman–Crippen LogP) is 7.85. The zero-order chi connectivity index (χ0) is 27.4. The van der Waals surface area contributed by atoms with Crippen LogP contribution in [0.4, 0.5) is 26.3 Å². The minimum Gasteiger partial charge on any atom is -0.355 e. The number of amides is 1. The Morgan fingerprint density at radius 3 is 2.35 bits per heavy atom. The Balaban J connectivity index is 1.74. The minimum atomic E-state index is -5.00. The number of carbonyl (C=O) groups is 1. The van der Waals surface area contributed by atoms with Crippen molar-refractivity contribution >= 4 is 29.1 Å². The van der Waals surface area contributed by atoms with Crippen LogP contribution in [0.5, 0.6) is 0 Å². The van der Waals surface area contributed by atoms with Crippen LogP contribution in [-0.4, -0.2) is 48.8 Å². The second-order valence-corrected chi connectivity index (χ2v) is 10.4. The highest BCUT2D eigenvalue weighted by molar-refractivity contribution is 6.42. The average molecular weight is 571 g/mol. The van der Waals surface area contributed by atoms with Gasteiger partial charge in [-0.3, -0.25) is 4.79 Å². The fourth-order valence-electron chi connectivity index (χ4n) is 4.46. The van der Waals surface area contributed by atoms with Gasteiger partial charge in [0.05, 0.1) is 21.5 Å². The summed E-state index contributed by atoms with van der Waals surface area (Å²) in [7, 11) is 0. The lowest BCUT2D eigenvalue weighted by Gasteiger charge is -2.27. The monoisotopic (exact) mass is 570 g/mol. The Labute approximate surface area is 222 Å². The Morgan fingerprint density at radius 2 is 1.78 bits per heavy atom. The van der Waals surface area contributed by atoms with Gasteiger partial charge in [0.2, 0.25) is 5.91 Å². The molecule has 2 aliphatic carbocycles. The molecule has 0 aliphatic heterocycles. The first kappa shape index (κ1) is 29.8. The molecule has 0 aromatic heterocycles. The van der Waals surface area contributed by atoms with E-state index >= 15 is 0 Å². The highest BCUT2D eigenvalue weighted by atomic mass is 35.5. The summed E-state index contributed by atoms with van der Waals surface area (Å²) >= 11 is 12.2. The maximum atomic E-state index is 13.3. The third kappa shape index (κ3) is 8.65. The zero-order valence-electron chi connectivity index (χ0n) is 20.4. The molecule has 37 heavy (non-hydrogen) atoms. The third-order valence-corrected chi connectivity index (χ3v) is 7.48. The number of halogens is 8. The van der Waals surface area contributed by atoms with Crippen LogP contribution in [0.3, 0.4) is 0 Å². The minimum absolute atomic E-state index is 0.0415. The Bertz CT molecular complexity index is 1020. The van der Waals surface area contributed by atoms with Crippen molar-refractivity contribution in [1.82, 2.24) is 10.2 Å². The maximum absolute atomic E-state index is 13.3. The van der Waals surface area contributed by atoms with Crippen LogP contribution in [0.2, 0.25) is 10.0 Å². The highest BCUT2D eigenvalue weighted by Crippen LogP contribution is 2.40. The van der Waals surface area contributed by atoms with Crippen molar-refractivity contribution in [1.29, 1.82) is 0 Å². The molecule has 0 radical (unpaired) electrons. The SMILES string of the molecule is CCCCN(CCC(CNC(=O)C1C=C(C(F)(F)F)C=C(C(F)(F)F)C1)c1ccc(Cl)c(Cl)c1)C1CC1. The first-order valence-corrected chi connectivity index (χ1v) is 13.1. The number of unbranched alkanes of at least 4 members (excludes halogenated alkanes) is 1. The summed E-state index contributed by atoms with van der Waals surface area (Å²) in [6, 6.07) is 5.60. The lowest BCUT2D eigenvalue weighted by atomic mass is 9.88. The third-order valence-electron chi connectivity index (χ3n) is 6.74. The Hall–Kier alpha value is -1.71. The van der Waals surface area contributed by atoms with Crippen molar-refractivity contribution in [2.45, 2.75) is 69.8 Å². The largest absolute Gasteiger partial charge is 0.416 e. The van der Waals surface area contributed by atoms with Gasteiger partial charge in [-0.15, -0.1) is 0 Å². The molecule has 2 aliphatic rings. The van der Waals surface area contributed by atoms with Crippen LogP contribution in [0.15, 0.2) is 41.5 Å². The van der Waals surface area contributed by atoms with Gasteiger partial charge in [-0.25, -0.2) is 0 Å². The Kier molecular flexibility index (Phi) is 10.0. The summed E-state index contributed by atoms with van der Waals surface area (Å²) < 4.78 is 79.5. The predicted molar refractivity (Wildman–Crippen MR) is 133 cm³/mol. The molecule has 1 amide bonds. The van der Waals surface area contributed by atoms with E-state index in [1.165, 1.54) is 0 Å². The van der Waals surface area contributed by atoms with E-state index in [1.54, 1.807) is 18.2 Å². The number of allylic oxidation sites excluding steroid dienone is 3. The van der Waals surface area contributed by atoms with Crippen molar-refractivity contribution in [2.75, 3.05) is 19.6 Å². The van der Waals surface area contributed by atoms with E-state index in [0.29, 0.717) is 28.6 Å². The van der Waals surface area contributed by atoms with E-state index in [2.05, 4.69) is 17.1 Å². The van der Waals surface area contributed by atoms with E-state index in [0.717, 1.165) is 44.3 Å². The topological polar surface area (TPSA) is 32.3 Å². The van der Waals surface area contributed by atoms with Crippen molar-refractivity contribution in [3.8, 4) is 0 Å². The van der Waals surface area contributed by atoms with Gasteiger partial charge in [0, 0.05) is 24.1 Å². The van der Waals surface area contributed by atoms with E-state index in [-0.39, 0.29) is 18.5 Å². The summed E-state index contributed by atoms with van der Waals surface area (Å²) in [5.41, 5.74) is -2.06. The Morgan fingerprint density at radius 1 is 1.08 bits per heavy atom. The van der Waals surface area contributed by atoms with E-state index in [1.807, 2.05) is 0 Å². The number of hydrogen-bond acceptors (Lipinski definition) is 2. The first-order valence-electron chi connectivity index (χ1n) is 12.3. The van der Waals surface area contributed by atoms with Gasteiger partial charge >= 0.3 is 12.4 Å². The summed E-state index contributed by atoms with van der Waals surface area (Å²) in [6.45, 7) is 3.84. The quantitative estimate of drug-likeness (QED) is 0.275. The van der Waals surface area contributed by atoms with Crippen LogP contribution in [0, 0.1) is 5.92 Å².